The van der Waals surface area contributed by atoms with Crippen molar-refractivity contribution in [3.63, 3.8) is 0 Å². The number of nitrogens with zero attached hydrogens (tertiary/aromatic N) is 8. The van der Waals surface area contributed by atoms with Crippen molar-refractivity contribution in [2.45, 2.75) is 48.3 Å². The van der Waals surface area contributed by atoms with Gasteiger partial charge in [0.2, 0.25) is 35.7 Å². The van der Waals surface area contributed by atoms with Crippen molar-refractivity contribution in [2.24, 2.45) is 0 Å². The highest BCUT2D eigenvalue weighted by Crippen LogP contribution is 2.29. The maximum Gasteiger partial charge on any atom is 0.295 e. The van der Waals surface area contributed by atoms with Gasteiger partial charge in [0.1, 0.15) is 9.79 Å². The first kappa shape index (κ1) is 52.0. The molecule has 8 N–H and O–H groups in total. The number of aromatic nitrogens is 6. The van der Waals surface area contributed by atoms with Gasteiger partial charge < -0.3 is 60.2 Å². The van der Waals surface area contributed by atoms with E-state index in [4.69, 9.17) is 29.2 Å². The third kappa shape index (κ3) is 16.7. The molecule has 372 valence electrons. The summed E-state index contributed by atoms with van der Waals surface area (Å²) in [5, 5.41) is 30.0. The van der Waals surface area contributed by atoms with E-state index in [0.717, 1.165) is 51.9 Å². The van der Waals surface area contributed by atoms with Crippen molar-refractivity contribution in [1.82, 2.24) is 29.9 Å². The van der Waals surface area contributed by atoms with Gasteiger partial charge in [0.15, 0.2) is 0 Å². The molecule has 0 radical (unpaired) electrons. The van der Waals surface area contributed by atoms with Crippen LogP contribution in [-0.4, -0.2) is 171 Å². The third-order valence-electron chi connectivity index (χ3n) is 10.3. The molecule has 2 fully saturated rings. The van der Waals surface area contributed by atoms with Crippen LogP contribution in [0.5, 0.6) is 0 Å². The summed E-state index contributed by atoms with van der Waals surface area (Å²) >= 11 is 0. The highest BCUT2D eigenvalue weighted by Gasteiger charge is 2.22. The first-order chi connectivity index (χ1) is 32.9. The zero-order valence-corrected chi connectivity index (χ0v) is 39.3. The molecule has 0 aliphatic carbocycles. The van der Waals surface area contributed by atoms with Crippen molar-refractivity contribution < 1.29 is 55.1 Å². The SMILES string of the molecule is O=S(=O)(O)c1cc(Nc2nc(NCCCOCCOCCO)nc(N3CCCC3)n2)ccc1C=Cc1ccc(Nc2nc(NCCCOCCOCCO)nc(N3CCCC3)n2)cc1S(=O)(=O)O. The summed E-state index contributed by atoms with van der Waals surface area (Å²) in [6.07, 6.45) is 7.76. The molecular weight excluding hydrogens is 929 g/mol. The van der Waals surface area contributed by atoms with Crippen LogP contribution in [0.4, 0.5) is 47.1 Å². The maximum atomic E-state index is 12.8. The third-order valence-corrected chi connectivity index (χ3v) is 12.1. The fourth-order valence-corrected chi connectivity index (χ4v) is 8.44. The second kappa shape index (κ2) is 26.4. The zero-order chi connectivity index (χ0) is 48.2. The van der Waals surface area contributed by atoms with Gasteiger partial charge in [-0.1, -0.05) is 24.3 Å². The van der Waals surface area contributed by atoms with Crippen LogP contribution in [0.1, 0.15) is 49.7 Å². The Hall–Kier alpha value is -5.42. The number of benzene rings is 2. The Kier molecular flexibility index (Phi) is 20.1. The average Bonchev–Trinajstić information content (AvgIpc) is 4.06. The Morgan fingerprint density at radius 1 is 0.515 bits per heavy atom. The van der Waals surface area contributed by atoms with Crippen LogP contribution >= 0.6 is 0 Å². The van der Waals surface area contributed by atoms with E-state index in [2.05, 4.69) is 51.2 Å². The van der Waals surface area contributed by atoms with Crippen molar-refractivity contribution in [3.05, 3.63) is 47.5 Å². The molecule has 24 nitrogen and oxygen atoms in total. The fourth-order valence-electron chi connectivity index (χ4n) is 7.02. The molecule has 0 unspecified atom stereocenters. The lowest BCUT2D eigenvalue weighted by Gasteiger charge is -2.17. The minimum Gasteiger partial charge on any atom is -0.394 e. The molecule has 0 bridgehead atoms. The van der Waals surface area contributed by atoms with Crippen LogP contribution < -0.4 is 31.1 Å². The topological polar surface area (TPSA) is 318 Å². The fraction of sp³-hybridized carbons (Fsp3) is 0.524. The van der Waals surface area contributed by atoms with Crippen molar-refractivity contribution in [3.8, 4) is 0 Å². The molecule has 2 aromatic heterocycles. The number of hydrogen-bond donors (Lipinski definition) is 8. The molecule has 2 aliphatic heterocycles. The molecule has 6 rings (SSSR count). The molecule has 4 heterocycles. The molecule has 0 atom stereocenters. The van der Waals surface area contributed by atoms with Crippen LogP contribution in [-0.2, 0) is 39.2 Å². The normalized spacial score (nSPS) is 14.3. The zero-order valence-electron chi connectivity index (χ0n) is 37.6. The summed E-state index contributed by atoms with van der Waals surface area (Å²) in [6.45, 7) is 6.83. The van der Waals surface area contributed by atoms with Crippen molar-refractivity contribution in [2.75, 3.05) is 136 Å². The standard InChI is InChI=1S/C42H60N12O12S2/c55-19-23-65-27-25-63-21-5-13-43-37-47-39(51-41(49-37)53-15-1-2-16-53)45-33-11-9-31(35(29-33)67(57,58)59)7-8-32-10-12-34(30-36(32)68(60,61)62)46-40-48-38(50-42(52-40)54-17-3-4-18-54)44-14-6-22-64-26-28-66-24-20-56/h7-12,29-30,55-56H,1-6,13-28H2,(H,57,58,59)(H,60,61,62)(H2,43,45,47,49,51)(H2,44,46,48,50,52). The molecular formula is C42H60N12O12S2. The van der Waals surface area contributed by atoms with Crippen molar-refractivity contribution >= 4 is 79.5 Å². The lowest BCUT2D eigenvalue weighted by atomic mass is 10.1. The van der Waals surface area contributed by atoms with Gasteiger partial charge in [-0.15, -0.1) is 0 Å². The quantitative estimate of drug-likeness (QED) is 0.0211. The van der Waals surface area contributed by atoms with E-state index < -0.39 is 30.0 Å². The number of aliphatic hydroxyl groups is 2. The Bertz CT molecular complexity index is 2310. The Morgan fingerprint density at radius 2 is 0.882 bits per heavy atom. The van der Waals surface area contributed by atoms with E-state index >= 15 is 0 Å². The van der Waals surface area contributed by atoms with Gasteiger partial charge in [-0.25, -0.2) is 0 Å². The molecule has 2 aliphatic rings. The summed E-state index contributed by atoms with van der Waals surface area (Å²) < 4.78 is 93.2. The second-order valence-corrected chi connectivity index (χ2v) is 18.2. The number of nitrogens with one attached hydrogen (secondary N) is 4. The summed E-state index contributed by atoms with van der Waals surface area (Å²) in [6, 6.07) is 8.29. The molecule has 26 heteroatoms. The van der Waals surface area contributed by atoms with Crippen LogP contribution in [0.25, 0.3) is 12.2 Å². The molecule has 2 aromatic carbocycles. The van der Waals surface area contributed by atoms with E-state index in [1.807, 2.05) is 9.80 Å². The predicted octanol–water partition coefficient (Wildman–Crippen LogP) is 3.06. The average molecular weight is 989 g/mol. The summed E-state index contributed by atoms with van der Waals surface area (Å²) in [4.78, 5) is 30.3. The van der Waals surface area contributed by atoms with E-state index in [0.29, 0.717) is 77.5 Å². The number of aliphatic hydroxyl groups excluding tert-OH is 2. The van der Waals surface area contributed by atoms with E-state index in [9.17, 15) is 25.9 Å². The van der Waals surface area contributed by atoms with Crippen molar-refractivity contribution in [1.29, 1.82) is 0 Å². The van der Waals surface area contributed by atoms with Gasteiger partial charge in [0, 0.05) is 63.9 Å². The highest BCUT2D eigenvalue weighted by molar-refractivity contribution is 7.86. The van der Waals surface area contributed by atoms with Gasteiger partial charge in [-0.2, -0.15) is 46.7 Å². The van der Waals surface area contributed by atoms with Gasteiger partial charge in [-0.05, 0) is 73.9 Å². The van der Waals surface area contributed by atoms with Crippen LogP contribution in [0, 0.1) is 0 Å². The smallest absolute Gasteiger partial charge is 0.295 e. The monoisotopic (exact) mass is 988 g/mol. The van der Waals surface area contributed by atoms with Crippen LogP contribution in [0.2, 0.25) is 0 Å². The van der Waals surface area contributed by atoms with Crippen LogP contribution in [0.15, 0.2) is 46.2 Å². The molecule has 2 saturated heterocycles. The van der Waals surface area contributed by atoms with Gasteiger partial charge in [0.25, 0.3) is 20.2 Å². The van der Waals surface area contributed by atoms with Gasteiger partial charge in [-0.3, -0.25) is 9.11 Å². The largest absolute Gasteiger partial charge is 0.394 e. The lowest BCUT2D eigenvalue weighted by Crippen LogP contribution is -2.22. The number of rotatable bonds is 30. The molecule has 68 heavy (non-hydrogen) atoms. The minimum absolute atomic E-state index is 0.0118. The van der Waals surface area contributed by atoms with E-state index in [1.54, 1.807) is 12.1 Å². The van der Waals surface area contributed by atoms with Gasteiger partial charge in [0.05, 0.1) is 52.9 Å². The molecule has 0 saturated carbocycles. The highest BCUT2D eigenvalue weighted by atomic mass is 32.2. The van der Waals surface area contributed by atoms with E-state index in [1.165, 1.54) is 36.4 Å². The molecule has 0 amide bonds. The Labute approximate surface area is 395 Å². The summed E-state index contributed by atoms with van der Waals surface area (Å²) in [5.74, 6) is 1.67. The number of ether oxygens (including phenoxy) is 4. The Morgan fingerprint density at radius 3 is 1.25 bits per heavy atom. The Balaban J connectivity index is 1.16. The lowest BCUT2D eigenvalue weighted by molar-refractivity contribution is 0.0331. The first-order valence-electron chi connectivity index (χ1n) is 22.4. The first-order valence-corrected chi connectivity index (χ1v) is 25.3. The minimum atomic E-state index is -4.84. The molecule has 4 aromatic rings. The maximum absolute atomic E-state index is 12.8. The second-order valence-electron chi connectivity index (χ2n) is 15.4. The van der Waals surface area contributed by atoms with Crippen LogP contribution in [0.3, 0.4) is 0 Å². The summed E-state index contributed by atoms with van der Waals surface area (Å²) in [5.41, 5.74) is 0.469. The molecule has 0 spiro atoms. The summed E-state index contributed by atoms with van der Waals surface area (Å²) in [7, 11) is -9.67. The number of hydrogen-bond acceptors (Lipinski definition) is 22. The predicted molar refractivity (Wildman–Crippen MR) is 254 cm³/mol. The van der Waals surface area contributed by atoms with E-state index in [-0.39, 0.29) is 72.7 Å². The van der Waals surface area contributed by atoms with Gasteiger partial charge >= 0.3 is 0 Å². The number of anilines is 8.